The van der Waals surface area contributed by atoms with Crippen molar-refractivity contribution in [2.45, 2.75) is 91.1 Å². The molecule has 4 rings (SSSR count). The summed E-state index contributed by atoms with van der Waals surface area (Å²) in [5.74, 6) is 4.87. The van der Waals surface area contributed by atoms with Gasteiger partial charge in [-0.15, -0.1) is 0 Å². The quantitative estimate of drug-likeness (QED) is 0.529. The minimum absolute atomic E-state index is 0.0428. The van der Waals surface area contributed by atoms with E-state index in [1.54, 1.807) is 0 Å². The van der Waals surface area contributed by atoms with Crippen molar-refractivity contribution in [2.24, 2.45) is 46.3 Å². The third kappa shape index (κ3) is 3.16. The summed E-state index contributed by atoms with van der Waals surface area (Å²) >= 11 is 0. The molecule has 4 aliphatic rings. The molecule has 27 heavy (non-hydrogen) atoms. The predicted octanol–water partition coefficient (Wildman–Crippen LogP) is 5.21. The van der Waals surface area contributed by atoms with E-state index in [0.717, 1.165) is 48.9 Å². The second-order valence-electron chi connectivity index (χ2n) is 11.0. The van der Waals surface area contributed by atoms with Gasteiger partial charge in [0.15, 0.2) is 0 Å². The van der Waals surface area contributed by atoms with Crippen molar-refractivity contribution in [3.8, 4) is 0 Å². The summed E-state index contributed by atoms with van der Waals surface area (Å²) in [4.78, 5) is 10.5. The molecule has 0 radical (unpaired) electrons. The first-order valence-corrected chi connectivity index (χ1v) is 11.6. The van der Waals surface area contributed by atoms with E-state index in [-0.39, 0.29) is 6.10 Å². The van der Waals surface area contributed by atoms with Crippen molar-refractivity contribution < 1.29 is 14.6 Å². The van der Waals surface area contributed by atoms with Crippen LogP contribution in [0.1, 0.15) is 85.0 Å². The maximum atomic E-state index is 10.5. The van der Waals surface area contributed by atoms with E-state index >= 15 is 0 Å². The summed E-state index contributed by atoms with van der Waals surface area (Å²) in [7, 11) is 0. The summed E-state index contributed by atoms with van der Waals surface area (Å²) < 4.78 is 5.00. The summed E-state index contributed by atoms with van der Waals surface area (Å²) in [6.07, 6.45) is 12.6. The summed E-state index contributed by atoms with van der Waals surface area (Å²) in [5.41, 5.74) is 0.962. The van der Waals surface area contributed by atoms with E-state index < -0.39 is 0 Å². The molecule has 4 fully saturated rings. The van der Waals surface area contributed by atoms with E-state index in [1.807, 2.05) is 0 Å². The Bertz CT molecular complexity index is 548. The maximum Gasteiger partial charge on any atom is 0.293 e. The van der Waals surface area contributed by atoms with Gasteiger partial charge in [-0.05, 0) is 111 Å². The van der Waals surface area contributed by atoms with E-state index in [1.165, 1.54) is 44.9 Å². The molecule has 0 bridgehead atoms. The van der Waals surface area contributed by atoms with Gasteiger partial charge < -0.3 is 9.84 Å². The lowest BCUT2D eigenvalue weighted by Gasteiger charge is -2.61. The molecule has 0 aromatic carbocycles. The van der Waals surface area contributed by atoms with Gasteiger partial charge in [-0.3, -0.25) is 4.79 Å². The summed E-state index contributed by atoms with van der Waals surface area (Å²) in [6, 6.07) is 0. The van der Waals surface area contributed by atoms with Crippen molar-refractivity contribution in [3.63, 3.8) is 0 Å². The molecule has 0 aromatic heterocycles. The molecule has 3 heteroatoms. The average molecular weight is 377 g/mol. The number of carbonyl (C=O) groups is 1. The molecule has 4 saturated carbocycles. The fraction of sp³-hybridized carbons (Fsp3) is 0.958. The van der Waals surface area contributed by atoms with Crippen LogP contribution in [0.2, 0.25) is 0 Å². The van der Waals surface area contributed by atoms with Crippen LogP contribution in [-0.4, -0.2) is 24.3 Å². The van der Waals surface area contributed by atoms with Gasteiger partial charge in [-0.1, -0.05) is 20.8 Å². The number of carbonyl (C=O) groups excluding carboxylic acids is 1. The van der Waals surface area contributed by atoms with Crippen LogP contribution in [-0.2, 0) is 9.53 Å². The molecule has 0 saturated heterocycles. The van der Waals surface area contributed by atoms with Gasteiger partial charge in [0.25, 0.3) is 6.47 Å². The Labute approximate surface area is 165 Å². The van der Waals surface area contributed by atoms with E-state index in [0.29, 0.717) is 29.8 Å². The van der Waals surface area contributed by atoms with Gasteiger partial charge in [0.05, 0.1) is 12.7 Å². The molecule has 0 unspecified atom stereocenters. The Morgan fingerprint density at radius 2 is 1.78 bits per heavy atom. The Balaban J connectivity index is 1.49. The van der Waals surface area contributed by atoms with Crippen molar-refractivity contribution >= 4 is 6.47 Å². The fourth-order valence-electron chi connectivity index (χ4n) is 8.71. The highest BCUT2D eigenvalue weighted by Crippen LogP contribution is 2.68. The van der Waals surface area contributed by atoms with Gasteiger partial charge in [0.1, 0.15) is 0 Å². The van der Waals surface area contributed by atoms with E-state index in [4.69, 9.17) is 4.74 Å². The first-order valence-electron chi connectivity index (χ1n) is 11.6. The van der Waals surface area contributed by atoms with Gasteiger partial charge in [0, 0.05) is 0 Å². The molecule has 9 atom stereocenters. The molecule has 1 N–H and O–H groups in total. The first-order chi connectivity index (χ1) is 12.9. The Kier molecular flexibility index (Phi) is 5.37. The topological polar surface area (TPSA) is 46.5 Å². The zero-order chi connectivity index (χ0) is 19.2. The van der Waals surface area contributed by atoms with Gasteiger partial charge in [-0.25, -0.2) is 0 Å². The van der Waals surface area contributed by atoms with Crippen LogP contribution in [0.5, 0.6) is 0 Å². The minimum Gasteiger partial charge on any atom is -0.468 e. The van der Waals surface area contributed by atoms with Crippen LogP contribution in [0.4, 0.5) is 0 Å². The fourth-order valence-corrected chi connectivity index (χ4v) is 8.71. The second kappa shape index (κ2) is 7.35. The largest absolute Gasteiger partial charge is 0.468 e. The zero-order valence-electron chi connectivity index (χ0n) is 17.7. The SMILES string of the molecule is C[C@H](CCOC=O)[C@H]1CC[C@H]2[C@@H]3CC[C@@H]4C[C@H](O)CC[C@]4(C)[C@H]3CC[C@]12C. The van der Waals surface area contributed by atoms with Gasteiger partial charge in [-0.2, -0.15) is 0 Å². The van der Waals surface area contributed by atoms with Crippen molar-refractivity contribution in [1.82, 2.24) is 0 Å². The zero-order valence-corrected chi connectivity index (χ0v) is 17.7. The van der Waals surface area contributed by atoms with Crippen LogP contribution in [0.15, 0.2) is 0 Å². The van der Waals surface area contributed by atoms with E-state index in [2.05, 4.69) is 20.8 Å². The van der Waals surface area contributed by atoms with Crippen LogP contribution in [0.3, 0.4) is 0 Å². The highest BCUT2D eigenvalue weighted by atomic mass is 16.5. The lowest BCUT2D eigenvalue weighted by molar-refractivity contribution is -0.132. The lowest BCUT2D eigenvalue weighted by Crippen LogP contribution is -2.54. The van der Waals surface area contributed by atoms with Crippen LogP contribution in [0.25, 0.3) is 0 Å². The smallest absolute Gasteiger partial charge is 0.293 e. The number of aliphatic hydroxyl groups excluding tert-OH is 1. The molecule has 4 aliphatic carbocycles. The van der Waals surface area contributed by atoms with Crippen molar-refractivity contribution in [1.29, 1.82) is 0 Å². The molecule has 0 aromatic rings. The minimum atomic E-state index is -0.0428. The predicted molar refractivity (Wildman–Crippen MR) is 107 cm³/mol. The Hall–Kier alpha value is -0.570. The molecular weight excluding hydrogens is 336 g/mol. The monoisotopic (exact) mass is 376 g/mol. The number of hydrogen-bond acceptors (Lipinski definition) is 3. The molecule has 0 amide bonds. The molecule has 0 heterocycles. The van der Waals surface area contributed by atoms with Crippen molar-refractivity contribution in [3.05, 3.63) is 0 Å². The highest BCUT2D eigenvalue weighted by Gasteiger charge is 2.60. The van der Waals surface area contributed by atoms with Crippen LogP contribution >= 0.6 is 0 Å². The van der Waals surface area contributed by atoms with Crippen LogP contribution < -0.4 is 0 Å². The number of fused-ring (bicyclic) bond motifs is 5. The number of aliphatic hydroxyl groups is 1. The Morgan fingerprint density at radius 3 is 2.56 bits per heavy atom. The first kappa shape index (κ1) is 19.7. The standard InChI is InChI=1S/C24H40O3/c1-16(10-13-27-15-25)20-6-7-21-19-5-4-17-14-18(26)8-11-23(17,2)22(19)9-12-24(20,21)3/h15-22,26H,4-14H2,1-3H3/t16-,17-,18-,19+,20-,21+,22+,23+,24-/m1/s1. The molecule has 154 valence electrons. The third-order valence-corrected chi connectivity index (χ3v) is 10.2. The molecule has 3 nitrogen and oxygen atoms in total. The number of hydrogen-bond donors (Lipinski definition) is 1. The molecule has 0 spiro atoms. The lowest BCUT2D eigenvalue weighted by atomic mass is 9.44. The van der Waals surface area contributed by atoms with Gasteiger partial charge >= 0.3 is 0 Å². The normalized spacial score (nSPS) is 50.2. The third-order valence-electron chi connectivity index (χ3n) is 10.2. The number of rotatable bonds is 5. The van der Waals surface area contributed by atoms with E-state index in [9.17, 15) is 9.90 Å². The van der Waals surface area contributed by atoms with Crippen molar-refractivity contribution in [2.75, 3.05) is 6.61 Å². The average Bonchev–Trinajstić information content (AvgIpc) is 3.00. The number of ether oxygens (including phenoxy) is 1. The van der Waals surface area contributed by atoms with Crippen LogP contribution in [0, 0.1) is 46.3 Å². The highest BCUT2D eigenvalue weighted by molar-refractivity contribution is 5.36. The summed E-state index contributed by atoms with van der Waals surface area (Å²) in [6.45, 7) is 8.74. The molecular formula is C24H40O3. The Morgan fingerprint density at radius 1 is 1.04 bits per heavy atom. The summed E-state index contributed by atoms with van der Waals surface area (Å²) in [5, 5.41) is 10.2. The molecule has 0 aliphatic heterocycles. The second-order valence-corrected chi connectivity index (χ2v) is 11.0. The maximum absolute atomic E-state index is 10.5. The van der Waals surface area contributed by atoms with Gasteiger partial charge in [0.2, 0.25) is 0 Å².